The zero-order valence-electron chi connectivity index (χ0n) is 18.6. The van der Waals surface area contributed by atoms with Gasteiger partial charge in [0.25, 0.3) is 0 Å². The fraction of sp³-hybridized carbons (Fsp3) is 0.333. The summed E-state index contributed by atoms with van der Waals surface area (Å²) in [5, 5.41) is 6.70. The van der Waals surface area contributed by atoms with E-state index in [1.807, 2.05) is 30.3 Å². The van der Waals surface area contributed by atoms with Gasteiger partial charge in [-0.25, -0.2) is 4.98 Å². The fourth-order valence-electron chi connectivity index (χ4n) is 3.01. The van der Waals surface area contributed by atoms with Crippen LogP contribution in [0.2, 0.25) is 0 Å². The Morgan fingerprint density at radius 1 is 1.00 bits per heavy atom. The van der Waals surface area contributed by atoms with E-state index in [0.717, 1.165) is 23.8 Å². The van der Waals surface area contributed by atoms with Crippen LogP contribution in [0.5, 0.6) is 0 Å². The van der Waals surface area contributed by atoms with Crippen LogP contribution >= 0.6 is 24.0 Å². The van der Waals surface area contributed by atoms with Gasteiger partial charge in [-0.1, -0.05) is 42.5 Å². The fourth-order valence-corrected chi connectivity index (χ4v) is 3.01. The van der Waals surface area contributed by atoms with Gasteiger partial charge in [0.1, 0.15) is 6.26 Å². The topological polar surface area (TPSA) is 65.7 Å². The number of benzene rings is 2. The van der Waals surface area contributed by atoms with E-state index >= 15 is 0 Å². The second kappa shape index (κ2) is 12.5. The molecule has 0 aliphatic carbocycles. The number of aliphatic imine (C=N–C) groups is 1. The molecule has 0 radical (unpaired) electrons. The first kappa shape index (κ1) is 24.9. The maximum absolute atomic E-state index is 5.60. The predicted molar refractivity (Wildman–Crippen MR) is 137 cm³/mol. The largest absolute Gasteiger partial charge is 0.444 e. The van der Waals surface area contributed by atoms with E-state index in [1.54, 1.807) is 13.3 Å². The first-order valence-corrected chi connectivity index (χ1v) is 10.3. The van der Waals surface area contributed by atoms with Gasteiger partial charge in [0.15, 0.2) is 5.96 Å². The van der Waals surface area contributed by atoms with Crippen molar-refractivity contribution in [1.29, 1.82) is 0 Å². The molecule has 0 aliphatic rings. The number of halogens is 1. The molecular weight excluding hydrogens is 501 g/mol. The van der Waals surface area contributed by atoms with Gasteiger partial charge in [-0.15, -0.1) is 24.0 Å². The number of hydrogen-bond donors (Lipinski definition) is 2. The average Bonchev–Trinajstić information content (AvgIpc) is 3.24. The second-order valence-corrected chi connectivity index (χ2v) is 7.57. The Hall–Kier alpha value is -2.39. The first-order valence-electron chi connectivity index (χ1n) is 10.3. The molecule has 0 saturated heterocycles. The second-order valence-electron chi connectivity index (χ2n) is 7.57. The third kappa shape index (κ3) is 7.36. The number of guanidine groups is 1. The molecule has 0 fully saturated rings. The maximum atomic E-state index is 5.60. The molecule has 0 spiro atoms. The quantitative estimate of drug-likeness (QED) is 0.251. The minimum absolute atomic E-state index is 0. The standard InChI is InChI=1S/C24H31N5O.HI/c1-18(2)29(4)16-21-13-9-8-12-20(21)14-26-24(25-3)27-15-22-17-30-23(28-22)19-10-6-5-7-11-19;/h5-13,17-18H,14-16H2,1-4H3,(H2,25,26,27);1H. The number of oxazole rings is 1. The van der Waals surface area contributed by atoms with Crippen molar-refractivity contribution >= 4 is 29.9 Å². The highest BCUT2D eigenvalue weighted by molar-refractivity contribution is 14.0. The van der Waals surface area contributed by atoms with Crippen molar-refractivity contribution in [2.75, 3.05) is 14.1 Å². The number of nitrogens with one attached hydrogen (secondary N) is 2. The van der Waals surface area contributed by atoms with Crippen LogP contribution in [0.4, 0.5) is 0 Å². The van der Waals surface area contributed by atoms with Gasteiger partial charge in [-0.05, 0) is 44.2 Å². The van der Waals surface area contributed by atoms with Crippen molar-refractivity contribution in [2.45, 2.75) is 39.5 Å². The molecule has 7 heteroatoms. The van der Waals surface area contributed by atoms with E-state index in [0.29, 0.717) is 25.0 Å². The minimum Gasteiger partial charge on any atom is -0.444 e. The Morgan fingerprint density at radius 2 is 1.65 bits per heavy atom. The van der Waals surface area contributed by atoms with Gasteiger partial charge >= 0.3 is 0 Å². The molecule has 1 aromatic heterocycles. The summed E-state index contributed by atoms with van der Waals surface area (Å²) < 4.78 is 5.60. The molecule has 3 aromatic rings. The normalized spacial score (nSPS) is 11.5. The lowest BCUT2D eigenvalue weighted by molar-refractivity contribution is 0.265. The summed E-state index contributed by atoms with van der Waals surface area (Å²) in [6.45, 7) is 6.58. The Kier molecular flexibility index (Phi) is 10.00. The predicted octanol–water partition coefficient (Wildman–Crippen LogP) is 4.67. The monoisotopic (exact) mass is 533 g/mol. The molecule has 0 unspecified atom stereocenters. The van der Waals surface area contributed by atoms with E-state index in [2.05, 4.69) is 70.7 Å². The lowest BCUT2D eigenvalue weighted by Gasteiger charge is -2.23. The highest BCUT2D eigenvalue weighted by Gasteiger charge is 2.10. The van der Waals surface area contributed by atoms with Crippen molar-refractivity contribution in [1.82, 2.24) is 20.5 Å². The first-order chi connectivity index (χ1) is 14.6. The molecule has 6 nitrogen and oxygen atoms in total. The molecule has 1 heterocycles. The van der Waals surface area contributed by atoms with E-state index in [-0.39, 0.29) is 24.0 Å². The summed E-state index contributed by atoms with van der Waals surface area (Å²) in [6, 6.07) is 18.9. The Bertz CT molecular complexity index is 955. The van der Waals surface area contributed by atoms with Crippen LogP contribution in [0.3, 0.4) is 0 Å². The number of rotatable bonds is 8. The van der Waals surface area contributed by atoms with Gasteiger partial charge in [0, 0.05) is 31.7 Å². The molecular formula is C24H32IN5O. The molecule has 2 N–H and O–H groups in total. The van der Waals surface area contributed by atoms with Crippen molar-refractivity contribution in [2.24, 2.45) is 4.99 Å². The van der Waals surface area contributed by atoms with E-state index < -0.39 is 0 Å². The van der Waals surface area contributed by atoms with E-state index in [4.69, 9.17) is 4.42 Å². The van der Waals surface area contributed by atoms with Crippen molar-refractivity contribution in [3.63, 3.8) is 0 Å². The smallest absolute Gasteiger partial charge is 0.226 e. The average molecular weight is 533 g/mol. The van der Waals surface area contributed by atoms with E-state index in [9.17, 15) is 0 Å². The van der Waals surface area contributed by atoms with Crippen LogP contribution in [-0.4, -0.2) is 36.0 Å². The van der Waals surface area contributed by atoms with Crippen LogP contribution in [0, 0.1) is 0 Å². The number of hydrogen-bond acceptors (Lipinski definition) is 4. The molecule has 0 saturated carbocycles. The number of nitrogens with zero attached hydrogens (tertiary/aromatic N) is 3. The van der Waals surface area contributed by atoms with Gasteiger partial charge in [0.05, 0.1) is 12.2 Å². The Morgan fingerprint density at radius 3 is 2.32 bits per heavy atom. The third-order valence-electron chi connectivity index (χ3n) is 5.10. The maximum Gasteiger partial charge on any atom is 0.226 e. The van der Waals surface area contributed by atoms with Crippen LogP contribution in [0.1, 0.15) is 30.7 Å². The van der Waals surface area contributed by atoms with Gasteiger partial charge in [-0.3, -0.25) is 9.89 Å². The van der Waals surface area contributed by atoms with Gasteiger partial charge in [0.2, 0.25) is 5.89 Å². The summed E-state index contributed by atoms with van der Waals surface area (Å²) in [5.41, 5.74) is 4.38. The van der Waals surface area contributed by atoms with Crippen LogP contribution in [-0.2, 0) is 19.6 Å². The molecule has 2 aromatic carbocycles. The van der Waals surface area contributed by atoms with Crippen molar-refractivity contribution < 1.29 is 4.42 Å². The zero-order valence-corrected chi connectivity index (χ0v) is 21.0. The van der Waals surface area contributed by atoms with Crippen LogP contribution in [0.25, 0.3) is 11.5 Å². The van der Waals surface area contributed by atoms with Crippen molar-refractivity contribution in [3.05, 3.63) is 77.7 Å². The van der Waals surface area contributed by atoms with Crippen LogP contribution in [0.15, 0.2) is 70.3 Å². The molecule has 0 amide bonds. The summed E-state index contributed by atoms with van der Waals surface area (Å²) in [6.07, 6.45) is 1.68. The molecule has 0 aliphatic heterocycles. The summed E-state index contributed by atoms with van der Waals surface area (Å²) >= 11 is 0. The SMILES string of the molecule is CN=C(NCc1coc(-c2ccccc2)n1)NCc1ccccc1CN(C)C(C)C.I. The molecule has 166 valence electrons. The van der Waals surface area contributed by atoms with Crippen LogP contribution < -0.4 is 10.6 Å². The Balaban J connectivity index is 0.00000341. The highest BCUT2D eigenvalue weighted by atomic mass is 127. The highest BCUT2D eigenvalue weighted by Crippen LogP contribution is 2.17. The lowest BCUT2D eigenvalue weighted by Crippen LogP contribution is -2.36. The minimum atomic E-state index is 0. The summed E-state index contributed by atoms with van der Waals surface area (Å²) in [5.74, 6) is 1.35. The van der Waals surface area contributed by atoms with E-state index in [1.165, 1.54) is 11.1 Å². The molecule has 31 heavy (non-hydrogen) atoms. The van der Waals surface area contributed by atoms with Gasteiger partial charge < -0.3 is 15.1 Å². The van der Waals surface area contributed by atoms with Gasteiger partial charge in [-0.2, -0.15) is 0 Å². The third-order valence-corrected chi connectivity index (χ3v) is 5.10. The number of aromatic nitrogens is 1. The molecule has 3 rings (SSSR count). The summed E-state index contributed by atoms with van der Waals surface area (Å²) in [4.78, 5) is 11.2. The Labute approximate surface area is 202 Å². The lowest BCUT2D eigenvalue weighted by atomic mass is 10.1. The summed E-state index contributed by atoms with van der Waals surface area (Å²) in [7, 11) is 3.92. The molecule has 0 bridgehead atoms. The molecule has 0 atom stereocenters. The van der Waals surface area contributed by atoms with Crippen molar-refractivity contribution in [3.8, 4) is 11.5 Å². The zero-order chi connectivity index (χ0) is 21.3.